The van der Waals surface area contributed by atoms with Crippen LogP contribution in [0.15, 0.2) is 97.1 Å². The molecule has 0 saturated carbocycles. The smallest absolute Gasteiger partial charge is 0.299 e. The lowest BCUT2D eigenvalue weighted by Crippen LogP contribution is -2.46. The van der Waals surface area contributed by atoms with Crippen LogP contribution in [0.5, 0.6) is 11.5 Å². The maximum atomic E-state index is 14.2. The molecular formula is C34H31N3O6. The first-order valence-corrected chi connectivity index (χ1v) is 13.7. The first-order valence-electron chi connectivity index (χ1n) is 13.7. The molecule has 0 spiro atoms. The molecule has 0 aromatic heterocycles. The third-order valence-electron chi connectivity index (χ3n) is 7.29. The van der Waals surface area contributed by atoms with Crippen molar-refractivity contribution in [2.24, 2.45) is 0 Å². The van der Waals surface area contributed by atoms with Crippen molar-refractivity contribution in [3.63, 3.8) is 0 Å². The Labute approximate surface area is 249 Å². The largest absolute Gasteiger partial charge is 0.497 e. The van der Waals surface area contributed by atoms with Crippen molar-refractivity contribution in [1.82, 2.24) is 4.90 Å². The predicted molar refractivity (Wildman–Crippen MR) is 162 cm³/mol. The lowest BCUT2D eigenvalue weighted by Gasteiger charge is -2.33. The molecule has 9 nitrogen and oxygen atoms in total. The van der Waals surface area contributed by atoms with Crippen LogP contribution in [-0.2, 0) is 20.9 Å². The number of hydrogen-bond acceptors (Lipinski definition) is 6. The minimum absolute atomic E-state index is 0.0641. The average Bonchev–Trinajstić information content (AvgIpc) is 3.27. The molecule has 1 unspecified atom stereocenters. The van der Waals surface area contributed by atoms with Crippen LogP contribution in [0.4, 0.5) is 11.4 Å². The van der Waals surface area contributed by atoms with Gasteiger partial charge in [0.15, 0.2) is 0 Å². The number of aryl methyl sites for hydroxylation is 1. The summed E-state index contributed by atoms with van der Waals surface area (Å²) in [7, 11) is 3.08. The molecule has 1 aliphatic heterocycles. The molecule has 0 radical (unpaired) electrons. The SMILES string of the molecule is COc1ccc(NC(=O)C(c2cccc(OC)c2)N(Cc2ccc(C)cc2)C(=O)CN2C(=O)C(=O)c3ccccc32)cc1. The maximum Gasteiger partial charge on any atom is 0.299 e. The number of rotatable bonds is 10. The number of para-hydroxylation sites is 1. The Morgan fingerprint density at radius 2 is 1.53 bits per heavy atom. The van der Waals surface area contributed by atoms with Crippen molar-refractivity contribution >= 4 is 34.9 Å². The molecule has 4 aromatic rings. The summed E-state index contributed by atoms with van der Waals surface area (Å²) in [6.07, 6.45) is 0. The molecular weight excluding hydrogens is 546 g/mol. The van der Waals surface area contributed by atoms with Gasteiger partial charge in [0.25, 0.3) is 17.6 Å². The topological polar surface area (TPSA) is 105 Å². The van der Waals surface area contributed by atoms with E-state index in [0.717, 1.165) is 11.1 Å². The number of nitrogens with zero attached hydrogens (tertiary/aromatic N) is 2. The zero-order valence-corrected chi connectivity index (χ0v) is 24.1. The maximum absolute atomic E-state index is 14.2. The minimum Gasteiger partial charge on any atom is -0.497 e. The minimum atomic E-state index is -1.12. The van der Waals surface area contributed by atoms with Crippen molar-refractivity contribution in [1.29, 1.82) is 0 Å². The van der Waals surface area contributed by atoms with Crippen LogP contribution in [0.2, 0.25) is 0 Å². The van der Waals surface area contributed by atoms with E-state index in [0.29, 0.717) is 28.4 Å². The second-order valence-electron chi connectivity index (χ2n) is 10.1. The quantitative estimate of drug-likeness (QED) is 0.268. The van der Waals surface area contributed by atoms with E-state index in [9.17, 15) is 19.2 Å². The van der Waals surface area contributed by atoms with Gasteiger partial charge in [-0.3, -0.25) is 24.1 Å². The number of anilines is 2. The van der Waals surface area contributed by atoms with E-state index in [2.05, 4.69) is 5.32 Å². The van der Waals surface area contributed by atoms with Crippen LogP contribution in [-0.4, -0.2) is 49.2 Å². The summed E-state index contributed by atoms with van der Waals surface area (Å²) in [6, 6.07) is 26.9. The van der Waals surface area contributed by atoms with Crippen LogP contribution < -0.4 is 19.7 Å². The van der Waals surface area contributed by atoms with Gasteiger partial charge in [-0.2, -0.15) is 0 Å². The molecule has 0 aliphatic carbocycles. The highest BCUT2D eigenvalue weighted by atomic mass is 16.5. The van der Waals surface area contributed by atoms with Crippen LogP contribution in [0.1, 0.15) is 33.1 Å². The number of benzene rings is 4. The Kier molecular flexibility index (Phi) is 8.52. The molecule has 218 valence electrons. The van der Waals surface area contributed by atoms with Gasteiger partial charge in [0.2, 0.25) is 5.91 Å². The molecule has 1 aliphatic rings. The molecule has 0 fully saturated rings. The first kappa shape index (κ1) is 29.1. The molecule has 5 rings (SSSR count). The second kappa shape index (κ2) is 12.6. The van der Waals surface area contributed by atoms with E-state index < -0.39 is 36.1 Å². The predicted octanol–water partition coefficient (Wildman–Crippen LogP) is 4.95. The molecule has 3 amide bonds. The summed E-state index contributed by atoms with van der Waals surface area (Å²) in [5.41, 5.74) is 3.45. The molecule has 1 N–H and O–H groups in total. The third-order valence-corrected chi connectivity index (χ3v) is 7.29. The highest BCUT2D eigenvalue weighted by molar-refractivity contribution is 6.52. The van der Waals surface area contributed by atoms with Crippen LogP contribution in [0, 0.1) is 6.92 Å². The lowest BCUT2D eigenvalue weighted by molar-refractivity contribution is -0.139. The molecule has 4 aromatic carbocycles. The summed E-state index contributed by atoms with van der Waals surface area (Å²) >= 11 is 0. The van der Waals surface area contributed by atoms with E-state index in [4.69, 9.17) is 9.47 Å². The van der Waals surface area contributed by atoms with Gasteiger partial charge in [-0.1, -0.05) is 54.1 Å². The highest BCUT2D eigenvalue weighted by Gasteiger charge is 2.39. The van der Waals surface area contributed by atoms with Gasteiger partial charge in [0.1, 0.15) is 24.1 Å². The lowest BCUT2D eigenvalue weighted by atomic mass is 10.0. The van der Waals surface area contributed by atoms with Crippen LogP contribution in [0.25, 0.3) is 0 Å². The molecule has 1 heterocycles. The summed E-state index contributed by atoms with van der Waals surface area (Å²) in [4.78, 5) is 56.6. The van der Waals surface area contributed by atoms with Crippen LogP contribution >= 0.6 is 0 Å². The zero-order valence-electron chi connectivity index (χ0n) is 24.1. The van der Waals surface area contributed by atoms with Gasteiger partial charge >= 0.3 is 0 Å². The van der Waals surface area contributed by atoms with E-state index >= 15 is 0 Å². The monoisotopic (exact) mass is 577 g/mol. The normalized spacial score (nSPS) is 12.9. The van der Waals surface area contributed by atoms with Crippen molar-refractivity contribution in [3.05, 3.63) is 119 Å². The Bertz CT molecular complexity index is 1670. The number of ether oxygens (including phenoxy) is 2. The molecule has 43 heavy (non-hydrogen) atoms. The molecule has 0 bridgehead atoms. The summed E-state index contributed by atoms with van der Waals surface area (Å²) in [5.74, 6) is -1.31. The number of carbonyl (C=O) groups is 4. The number of fused-ring (bicyclic) bond motifs is 1. The fourth-order valence-electron chi connectivity index (χ4n) is 5.01. The van der Waals surface area contributed by atoms with Crippen molar-refractivity contribution in [3.8, 4) is 11.5 Å². The highest BCUT2D eigenvalue weighted by Crippen LogP contribution is 2.32. The Balaban J connectivity index is 1.56. The Morgan fingerprint density at radius 1 is 0.837 bits per heavy atom. The fourth-order valence-corrected chi connectivity index (χ4v) is 5.01. The number of Topliss-reactive ketones (excluding diaryl/α,β-unsaturated/α-hetero) is 1. The third kappa shape index (κ3) is 6.25. The molecule has 9 heteroatoms. The van der Waals surface area contributed by atoms with Crippen molar-refractivity contribution < 1.29 is 28.7 Å². The zero-order chi connectivity index (χ0) is 30.5. The van der Waals surface area contributed by atoms with E-state index in [1.165, 1.54) is 16.9 Å². The summed E-state index contributed by atoms with van der Waals surface area (Å²) in [6.45, 7) is 1.60. The van der Waals surface area contributed by atoms with Gasteiger partial charge in [-0.15, -0.1) is 0 Å². The van der Waals surface area contributed by atoms with Crippen LogP contribution in [0.3, 0.4) is 0 Å². The molecule has 0 saturated heterocycles. The average molecular weight is 578 g/mol. The second-order valence-corrected chi connectivity index (χ2v) is 10.1. The standard InChI is InChI=1S/C34H31N3O6/c1-22-11-13-23(14-12-22)20-37(30(38)21-36-29-10-5-4-9-28(29)32(39)34(36)41)31(24-7-6-8-27(19-24)43-3)33(40)35-25-15-17-26(42-2)18-16-25/h4-19,31H,20-21H2,1-3H3,(H,35,40). The number of amides is 3. The van der Waals surface area contributed by atoms with Gasteiger partial charge in [0.05, 0.1) is 25.5 Å². The van der Waals surface area contributed by atoms with E-state index in [1.54, 1.807) is 79.9 Å². The number of carbonyl (C=O) groups excluding carboxylic acids is 4. The van der Waals surface area contributed by atoms with Gasteiger partial charge < -0.3 is 19.7 Å². The Morgan fingerprint density at radius 3 is 2.23 bits per heavy atom. The number of hydrogen-bond donors (Lipinski definition) is 1. The Hall–Kier alpha value is -5.44. The van der Waals surface area contributed by atoms with Gasteiger partial charge in [0, 0.05) is 12.2 Å². The van der Waals surface area contributed by atoms with E-state index in [1.807, 2.05) is 31.2 Å². The number of nitrogens with one attached hydrogen (secondary N) is 1. The first-order chi connectivity index (χ1) is 20.8. The van der Waals surface area contributed by atoms with Gasteiger partial charge in [-0.05, 0) is 66.6 Å². The molecule has 1 atom stereocenters. The summed E-state index contributed by atoms with van der Waals surface area (Å²) < 4.78 is 10.7. The number of ketones is 1. The fraction of sp³-hybridized carbons (Fsp3) is 0.176. The van der Waals surface area contributed by atoms with E-state index in [-0.39, 0.29) is 12.1 Å². The van der Waals surface area contributed by atoms with Crippen molar-refractivity contribution in [2.45, 2.75) is 19.5 Å². The van der Waals surface area contributed by atoms with Gasteiger partial charge in [-0.25, -0.2) is 0 Å². The van der Waals surface area contributed by atoms with Crippen molar-refractivity contribution in [2.75, 3.05) is 31.0 Å². The summed E-state index contributed by atoms with van der Waals surface area (Å²) in [5, 5.41) is 2.92. The number of methoxy groups -OCH3 is 2.